The van der Waals surface area contributed by atoms with E-state index in [-0.39, 0.29) is 0 Å². The lowest BCUT2D eigenvalue weighted by Crippen LogP contribution is -2.10. The molecule has 5 nitrogen and oxygen atoms in total. The molecule has 0 unspecified atom stereocenters. The highest BCUT2D eigenvalue weighted by Gasteiger charge is 2.07. The van der Waals surface area contributed by atoms with E-state index in [1.54, 1.807) is 30.7 Å². The molecule has 2 aromatic rings. The van der Waals surface area contributed by atoms with Crippen molar-refractivity contribution < 1.29 is 12.8 Å². The monoisotopic (exact) mass is 300 g/mol. The molecule has 102 valence electrons. The van der Waals surface area contributed by atoms with Gasteiger partial charge in [0, 0.05) is 17.8 Å². The molecule has 19 heavy (non-hydrogen) atoms. The number of hydrogen-bond acceptors (Lipinski definition) is 4. The molecule has 0 bridgehead atoms. The van der Waals surface area contributed by atoms with Gasteiger partial charge in [0.25, 0.3) is 0 Å². The molecule has 0 aliphatic heterocycles. The Balaban J connectivity index is 2.06. The first kappa shape index (κ1) is 13.8. The van der Waals surface area contributed by atoms with Gasteiger partial charge in [-0.15, -0.1) is 0 Å². The predicted octanol–water partition coefficient (Wildman–Crippen LogP) is 2.92. The summed E-state index contributed by atoms with van der Waals surface area (Å²) in [6.07, 6.45) is 4.33. The van der Waals surface area contributed by atoms with Crippen molar-refractivity contribution in [2.24, 2.45) is 0 Å². The van der Waals surface area contributed by atoms with Crippen molar-refractivity contribution in [3.8, 4) is 0 Å². The van der Waals surface area contributed by atoms with Crippen LogP contribution in [-0.4, -0.2) is 14.7 Å². The van der Waals surface area contributed by atoms with Gasteiger partial charge < -0.3 is 9.73 Å². The van der Waals surface area contributed by atoms with Crippen LogP contribution in [0.1, 0.15) is 5.56 Å². The Morgan fingerprint density at radius 3 is 2.68 bits per heavy atom. The lowest BCUT2D eigenvalue weighted by Gasteiger charge is -2.09. The molecule has 1 aromatic heterocycles. The van der Waals surface area contributed by atoms with E-state index in [1.165, 1.54) is 0 Å². The first-order chi connectivity index (χ1) is 8.94. The van der Waals surface area contributed by atoms with E-state index in [9.17, 15) is 8.42 Å². The van der Waals surface area contributed by atoms with E-state index in [4.69, 9.17) is 16.0 Å². The lowest BCUT2D eigenvalue weighted by molar-refractivity contribution is 0.564. The van der Waals surface area contributed by atoms with Crippen molar-refractivity contribution in [2.45, 2.75) is 6.54 Å². The standard InChI is InChI=1S/C12H13ClN2O3S/c1-19(16,17)15-12-3-2-10(6-11(12)13)14-7-9-4-5-18-8-9/h2-6,8,14-15H,7H2,1H3. The Hall–Kier alpha value is -1.66. The van der Waals surface area contributed by atoms with Gasteiger partial charge in [0.1, 0.15) is 0 Å². The maximum atomic E-state index is 11.1. The lowest BCUT2D eigenvalue weighted by atomic mass is 10.2. The molecule has 2 N–H and O–H groups in total. The Kier molecular flexibility index (Phi) is 4.01. The fraction of sp³-hybridized carbons (Fsp3) is 0.167. The van der Waals surface area contributed by atoms with Crippen LogP contribution >= 0.6 is 11.6 Å². The smallest absolute Gasteiger partial charge is 0.229 e. The minimum absolute atomic E-state index is 0.336. The number of hydrogen-bond donors (Lipinski definition) is 2. The number of rotatable bonds is 5. The topological polar surface area (TPSA) is 71.3 Å². The molecule has 0 aliphatic carbocycles. The van der Waals surface area contributed by atoms with Crippen molar-refractivity contribution in [3.05, 3.63) is 47.4 Å². The molecule has 2 rings (SSSR count). The quantitative estimate of drug-likeness (QED) is 0.890. The second-order valence-corrected chi connectivity index (χ2v) is 6.21. The highest BCUT2D eigenvalue weighted by atomic mass is 35.5. The second kappa shape index (κ2) is 5.54. The fourth-order valence-electron chi connectivity index (χ4n) is 1.50. The van der Waals surface area contributed by atoms with Gasteiger partial charge in [0.2, 0.25) is 10.0 Å². The fourth-order valence-corrected chi connectivity index (χ4v) is 2.37. The molecule has 1 heterocycles. The molecule has 0 radical (unpaired) electrons. The van der Waals surface area contributed by atoms with Crippen LogP contribution in [0.4, 0.5) is 11.4 Å². The number of anilines is 2. The van der Waals surface area contributed by atoms with E-state index in [0.29, 0.717) is 17.3 Å². The minimum atomic E-state index is -3.33. The van der Waals surface area contributed by atoms with Gasteiger partial charge in [-0.2, -0.15) is 0 Å². The molecular formula is C12H13ClN2O3S. The summed E-state index contributed by atoms with van der Waals surface area (Å²) in [6, 6.07) is 6.88. The summed E-state index contributed by atoms with van der Waals surface area (Å²) in [5, 5.41) is 3.49. The van der Waals surface area contributed by atoms with Gasteiger partial charge in [0.15, 0.2) is 0 Å². The van der Waals surface area contributed by atoms with Gasteiger partial charge in [-0.05, 0) is 24.3 Å². The van der Waals surface area contributed by atoms with Crippen molar-refractivity contribution in [3.63, 3.8) is 0 Å². The third-order valence-electron chi connectivity index (χ3n) is 2.34. The predicted molar refractivity (Wildman–Crippen MR) is 76.0 cm³/mol. The van der Waals surface area contributed by atoms with Gasteiger partial charge >= 0.3 is 0 Å². The van der Waals surface area contributed by atoms with Gasteiger partial charge in [-0.1, -0.05) is 11.6 Å². The zero-order valence-corrected chi connectivity index (χ0v) is 11.8. The van der Waals surface area contributed by atoms with Crippen LogP contribution in [0.5, 0.6) is 0 Å². The molecule has 0 saturated carbocycles. The van der Waals surface area contributed by atoms with Crippen LogP contribution < -0.4 is 10.0 Å². The van der Waals surface area contributed by atoms with Crippen molar-refractivity contribution >= 4 is 33.0 Å². The largest absolute Gasteiger partial charge is 0.472 e. The van der Waals surface area contributed by atoms with E-state index >= 15 is 0 Å². The highest BCUT2D eigenvalue weighted by Crippen LogP contribution is 2.26. The molecule has 0 spiro atoms. The Bertz CT molecular complexity index is 654. The zero-order chi connectivity index (χ0) is 13.9. The van der Waals surface area contributed by atoms with E-state index in [2.05, 4.69) is 10.0 Å². The summed E-state index contributed by atoms with van der Waals surface area (Å²) < 4.78 is 29.5. The molecule has 1 aromatic carbocycles. The number of nitrogens with one attached hydrogen (secondary N) is 2. The summed E-state index contributed by atoms with van der Waals surface area (Å²) in [6.45, 7) is 0.603. The molecular weight excluding hydrogens is 288 g/mol. The molecule has 0 aliphatic rings. The average molecular weight is 301 g/mol. The van der Waals surface area contributed by atoms with Gasteiger partial charge in [0.05, 0.1) is 29.5 Å². The summed E-state index contributed by atoms with van der Waals surface area (Å²) >= 11 is 6.01. The third-order valence-corrected chi connectivity index (χ3v) is 3.24. The summed E-state index contributed by atoms with van der Waals surface area (Å²) in [5.41, 5.74) is 2.16. The maximum absolute atomic E-state index is 11.1. The van der Waals surface area contributed by atoms with Gasteiger partial charge in [-0.25, -0.2) is 8.42 Å². The maximum Gasteiger partial charge on any atom is 0.229 e. The molecule has 0 amide bonds. The summed E-state index contributed by atoms with van der Waals surface area (Å²) in [5.74, 6) is 0. The van der Waals surface area contributed by atoms with Gasteiger partial charge in [-0.3, -0.25) is 4.72 Å². The first-order valence-electron chi connectivity index (χ1n) is 5.46. The normalized spacial score (nSPS) is 11.3. The van der Waals surface area contributed by atoms with Crippen LogP contribution in [0.3, 0.4) is 0 Å². The molecule has 0 saturated heterocycles. The minimum Gasteiger partial charge on any atom is -0.472 e. The van der Waals surface area contributed by atoms with E-state index in [1.807, 2.05) is 6.07 Å². The van der Waals surface area contributed by atoms with Crippen LogP contribution in [0, 0.1) is 0 Å². The molecule has 7 heteroatoms. The van der Waals surface area contributed by atoms with E-state index in [0.717, 1.165) is 17.5 Å². The van der Waals surface area contributed by atoms with Crippen LogP contribution in [0.15, 0.2) is 41.2 Å². The summed E-state index contributed by atoms with van der Waals surface area (Å²) in [4.78, 5) is 0. The number of benzene rings is 1. The van der Waals surface area contributed by atoms with Crippen LogP contribution in [0.2, 0.25) is 5.02 Å². The molecule has 0 fully saturated rings. The highest BCUT2D eigenvalue weighted by molar-refractivity contribution is 7.92. The Morgan fingerprint density at radius 2 is 2.11 bits per heavy atom. The third kappa shape index (κ3) is 4.18. The Labute approximate surface area is 116 Å². The molecule has 0 atom stereocenters. The first-order valence-corrected chi connectivity index (χ1v) is 7.73. The summed E-state index contributed by atoms with van der Waals surface area (Å²) in [7, 11) is -3.33. The van der Waals surface area contributed by atoms with Crippen molar-refractivity contribution in [1.29, 1.82) is 0 Å². The zero-order valence-electron chi connectivity index (χ0n) is 10.2. The van der Waals surface area contributed by atoms with Crippen LogP contribution in [0.25, 0.3) is 0 Å². The number of furan rings is 1. The second-order valence-electron chi connectivity index (χ2n) is 4.05. The SMILES string of the molecule is CS(=O)(=O)Nc1ccc(NCc2ccoc2)cc1Cl. The number of sulfonamides is 1. The van der Waals surface area contributed by atoms with Crippen molar-refractivity contribution in [1.82, 2.24) is 0 Å². The Morgan fingerprint density at radius 1 is 1.32 bits per heavy atom. The average Bonchev–Trinajstić information content (AvgIpc) is 2.81. The van der Waals surface area contributed by atoms with E-state index < -0.39 is 10.0 Å². The van der Waals surface area contributed by atoms with Crippen LogP contribution in [-0.2, 0) is 16.6 Å². The number of halogens is 1. The van der Waals surface area contributed by atoms with Crippen molar-refractivity contribution in [2.75, 3.05) is 16.3 Å².